The van der Waals surface area contributed by atoms with E-state index in [1.54, 1.807) is 12.4 Å². The van der Waals surface area contributed by atoms with Crippen LogP contribution in [0.3, 0.4) is 0 Å². The van der Waals surface area contributed by atoms with Gasteiger partial charge in [-0.3, -0.25) is 0 Å². The highest BCUT2D eigenvalue weighted by molar-refractivity contribution is 6.44. The van der Waals surface area contributed by atoms with E-state index >= 15 is 0 Å². The topological polar surface area (TPSA) is 73.4 Å². The van der Waals surface area contributed by atoms with Crippen LogP contribution in [0.15, 0.2) is 24.5 Å². The summed E-state index contributed by atoms with van der Waals surface area (Å²) in [5, 5.41) is 7.19. The number of carbonyl (C=O) groups is 1. The van der Waals surface area contributed by atoms with Gasteiger partial charge in [-0.2, -0.15) is 0 Å². The molecule has 0 bridgehead atoms. The van der Waals surface area contributed by atoms with Gasteiger partial charge in [0.2, 0.25) is 5.95 Å². The van der Waals surface area contributed by atoms with Gasteiger partial charge in [-0.15, -0.1) is 0 Å². The van der Waals surface area contributed by atoms with Crippen LogP contribution in [0.2, 0.25) is 10.0 Å². The zero-order chi connectivity index (χ0) is 22.8. The predicted octanol–water partition coefficient (Wildman–Crippen LogP) is 4.82. The molecule has 1 unspecified atom stereocenters. The number of likely N-dealkylation sites (tertiary alicyclic amines) is 1. The summed E-state index contributed by atoms with van der Waals surface area (Å²) in [5.41, 5.74) is 2.34. The van der Waals surface area contributed by atoms with E-state index < -0.39 is 0 Å². The number of benzene rings is 1. The zero-order valence-electron chi connectivity index (χ0n) is 18.7. The molecule has 2 aromatic rings. The molecule has 2 heterocycles. The summed E-state index contributed by atoms with van der Waals surface area (Å²) in [5.74, 6) is 0.625. The van der Waals surface area contributed by atoms with Crippen LogP contribution in [0, 0.1) is 0 Å². The highest BCUT2D eigenvalue weighted by atomic mass is 35.5. The maximum absolute atomic E-state index is 12.8. The Labute approximate surface area is 199 Å². The van der Waals surface area contributed by atoms with Gasteiger partial charge >= 0.3 is 6.03 Å². The standard InChI is InChI=1S/C23H30Cl2N6O/c1-14(28-23(32)31(3)17-8-10-30(2)11-9-17)18-6-7-19(21(25)20(18)24)15-12-26-22(27-13-15)29-16-4-5-16/h6-7,12-14,16-17H,4-5,8-11H2,1-3H3,(H,28,32)(H,26,27,29). The molecule has 2 amide bonds. The number of piperidine rings is 1. The zero-order valence-corrected chi connectivity index (χ0v) is 20.2. The lowest BCUT2D eigenvalue weighted by molar-refractivity contribution is 0.146. The SMILES string of the molecule is CC(NC(=O)N(C)C1CCN(C)CC1)c1ccc(-c2cnc(NC3CC3)nc2)c(Cl)c1Cl. The van der Waals surface area contributed by atoms with Crippen LogP contribution < -0.4 is 10.6 Å². The Hall–Kier alpha value is -2.09. The molecular formula is C23H30Cl2N6O. The number of carbonyl (C=O) groups excluding carboxylic acids is 1. The molecule has 7 nitrogen and oxygen atoms in total. The fourth-order valence-corrected chi connectivity index (χ4v) is 4.60. The summed E-state index contributed by atoms with van der Waals surface area (Å²) in [7, 11) is 3.97. The molecule has 1 aromatic carbocycles. The molecule has 1 aliphatic heterocycles. The Morgan fingerprint density at radius 3 is 2.41 bits per heavy atom. The van der Waals surface area contributed by atoms with Crippen LogP contribution in [-0.4, -0.2) is 65.1 Å². The van der Waals surface area contributed by atoms with E-state index in [4.69, 9.17) is 23.2 Å². The van der Waals surface area contributed by atoms with Crippen molar-refractivity contribution in [3.63, 3.8) is 0 Å². The van der Waals surface area contributed by atoms with Gasteiger partial charge in [0.25, 0.3) is 0 Å². The smallest absolute Gasteiger partial charge is 0.317 e. The third-order valence-electron chi connectivity index (χ3n) is 6.35. The summed E-state index contributed by atoms with van der Waals surface area (Å²) in [4.78, 5) is 25.7. The van der Waals surface area contributed by atoms with Crippen molar-refractivity contribution in [2.45, 2.75) is 50.7 Å². The number of nitrogens with zero attached hydrogens (tertiary/aromatic N) is 4. The number of anilines is 1. The molecular weight excluding hydrogens is 447 g/mol. The minimum atomic E-state index is -0.281. The van der Waals surface area contributed by atoms with Crippen molar-refractivity contribution < 1.29 is 4.79 Å². The molecule has 1 atom stereocenters. The van der Waals surface area contributed by atoms with Gasteiger partial charge in [0.05, 0.1) is 16.1 Å². The van der Waals surface area contributed by atoms with Gasteiger partial charge in [-0.25, -0.2) is 14.8 Å². The molecule has 1 aromatic heterocycles. The van der Waals surface area contributed by atoms with Crippen molar-refractivity contribution in [2.24, 2.45) is 0 Å². The van der Waals surface area contributed by atoms with Crippen molar-refractivity contribution in [2.75, 3.05) is 32.5 Å². The molecule has 0 spiro atoms. The quantitative estimate of drug-likeness (QED) is 0.624. The third kappa shape index (κ3) is 5.27. The lowest BCUT2D eigenvalue weighted by Gasteiger charge is -2.35. The molecule has 1 aliphatic carbocycles. The largest absolute Gasteiger partial charge is 0.351 e. The first-order valence-corrected chi connectivity index (χ1v) is 11.9. The summed E-state index contributed by atoms with van der Waals surface area (Å²) in [6.07, 6.45) is 7.78. The Kier molecular flexibility index (Phi) is 7.08. The second-order valence-electron chi connectivity index (χ2n) is 8.86. The molecule has 172 valence electrons. The molecule has 1 saturated carbocycles. The number of hydrogen-bond acceptors (Lipinski definition) is 5. The Morgan fingerprint density at radius 1 is 1.12 bits per heavy atom. The number of hydrogen-bond donors (Lipinski definition) is 2. The first-order chi connectivity index (χ1) is 15.3. The van der Waals surface area contributed by atoms with Gasteiger partial charge in [-0.1, -0.05) is 35.3 Å². The van der Waals surface area contributed by atoms with Crippen molar-refractivity contribution >= 4 is 35.2 Å². The number of urea groups is 1. The number of nitrogens with one attached hydrogen (secondary N) is 2. The maximum Gasteiger partial charge on any atom is 0.317 e. The second-order valence-corrected chi connectivity index (χ2v) is 9.62. The first-order valence-electron chi connectivity index (χ1n) is 11.1. The number of amides is 2. The first kappa shape index (κ1) is 23.1. The lowest BCUT2D eigenvalue weighted by atomic mass is 10.0. The molecule has 0 radical (unpaired) electrons. The fraction of sp³-hybridized carbons (Fsp3) is 0.522. The van der Waals surface area contributed by atoms with Gasteiger partial charge in [-0.05, 0) is 58.3 Å². The average molecular weight is 477 g/mol. The summed E-state index contributed by atoms with van der Waals surface area (Å²) in [6, 6.07) is 4.16. The van der Waals surface area contributed by atoms with E-state index in [9.17, 15) is 4.79 Å². The Bertz CT molecular complexity index is 958. The number of rotatable bonds is 6. The molecule has 2 N–H and O–H groups in total. The second kappa shape index (κ2) is 9.81. The van der Waals surface area contributed by atoms with Gasteiger partial charge in [0.15, 0.2) is 0 Å². The lowest BCUT2D eigenvalue weighted by Crippen LogP contribution is -2.48. The van der Waals surface area contributed by atoms with Crippen molar-refractivity contribution in [3.8, 4) is 11.1 Å². The van der Waals surface area contributed by atoms with Crippen LogP contribution >= 0.6 is 23.2 Å². The number of halogens is 2. The Balaban J connectivity index is 1.43. The van der Waals surface area contributed by atoms with E-state index in [-0.39, 0.29) is 18.1 Å². The number of aromatic nitrogens is 2. The van der Waals surface area contributed by atoms with E-state index in [0.717, 1.165) is 55.5 Å². The minimum absolute atomic E-state index is 0.101. The highest BCUT2D eigenvalue weighted by Gasteiger charge is 2.26. The van der Waals surface area contributed by atoms with Crippen LogP contribution in [0.25, 0.3) is 11.1 Å². The average Bonchev–Trinajstić information content (AvgIpc) is 3.60. The van der Waals surface area contributed by atoms with Gasteiger partial charge in [0, 0.05) is 42.7 Å². The molecule has 1 saturated heterocycles. The Morgan fingerprint density at radius 2 is 1.78 bits per heavy atom. The van der Waals surface area contributed by atoms with Gasteiger partial charge < -0.3 is 20.4 Å². The fourth-order valence-electron chi connectivity index (χ4n) is 3.99. The molecule has 32 heavy (non-hydrogen) atoms. The van der Waals surface area contributed by atoms with Crippen LogP contribution in [0.4, 0.5) is 10.7 Å². The normalized spacial score (nSPS) is 18.3. The van der Waals surface area contributed by atoms with Crippen molar-refractivity contribution in [3.05, 3.63) is 40.1 Å². The van der Waals surface area contributed by atoms with Crippen molar-refractivity contribution in [1.82, 2.24) is 25.1 Å². The van der Waals surface area contributed by atoms with E-state index in [2.05, 4.69) is 32.5 Å². The molecule has 2 fully saturated rings. The minimum Gasteiger partial charge on any atom is -0.351 e. The molecule has 4 rings (SSSR count). The third-order valence-corrected chi connectivity index (χ3v) is 7.24. The van der Waals surface area contributed by atoms with Crippen molar-refractivity contribution in [1.29, 1.82) is 0 Å². The summed E-state index contributed by atoms with van der Waals surface area (Å²) < 4.78 is 0. The van der Waals surface area contributed by atoms with E-state index in [1.165, 1.54) is 0 Å². The molecule has 9 heteroatoms. The van der Waals surface area contributed by atoms with Crippen LogP contribution in [0.5, 0.6) is 0 Å². The van der Waals surface area contributed by atoms with Crippen LogP contribution in [0.1, 0.15) is 44.2 Å². The maximum atomic E-state index is 12.8. The highest BCUT2D eigenvalue weighted by Crippen LogP contribution is 2.38. The van der Waals surface area contributed by atoms with Crippen LogP contribution in [-0.2, 0) is 0 Å². The van der Waals surface area contributed by atoms with Gasteiger partial charge in [0.1, 0.15) is 0 Å². The van der Waals surface area contributed by atoms with E-state index in [0.29, 0.717) is 22.0 Å². The summed E-state index contributed by atoms with van der Waals surface area (Å²) >= 11 is 13.2. The monoisotopic (exact) mass is 476 g/mol. The van der Waals surface area contributed by atoms with E-state index in [1.807, 2.05) is 31.0 Å². The summed E-state index contributed by atoms with van der Waals surface area (Å²) in [6.45, 7) is 3.92. The predicted molar refractivity (Wildman–Crippen MR) is 129 cm³/mol. The molecule has 2 aliphatic rings.